The average Bonchev–Trinajstić information content (AvgIpc) is 2.61. The first-order chi connectivity index (χ1) is 7.20. The van der Waals surface area contributed by atoms with Crippen LogP contribution in [0.5, 0.6) is 0 Å². The number of aliphatic hydroxyl groups is 1. The minimum atomic E-state index is 0.0815. The van der Waals surface area contributed by atoms with Gasteiger partial charge in [0.1, 0.15) is 5.01 Å². The van der Waals surface area contributed by atoms with E-state index in [0.717, 1.165) is 18.1 Å². The van der Waals surface area contributed by atoms with Crippen molar-refractivity contribution in [2.45, 2.75) is 32.3 Å². The van der Waals surface area contributed by atoms with E-state index >= 15 is 0 Å². The minimum Gasteiger partial charge on any atom is -0.389 e. The van der Waals surface area contributed by atoms with Crippen LogP contribution in [0.3, 0.4) is 0 Å². The summed E-state index contributed by atoms with van der Waals surface area (Å²) < 4.78 is 0. The average molecular weight is 226 g/mol. The molecule has 84 valence electrons. The van der Waals surface area contributed by atoms with Crippen LogP contribution < -0.4 is 0 Å². The van der Waals surface area contributed by atoms with E-state index in [2.05, 4.69) is 23.9 Å². The Morgan fingerprint density at radius 2 is 2.13 bits per heavy atom. The van der Waals surface area contributed by atoms with Gasteiger partial charge in [-0.2, -0.15) is 0 Å². The number of aliphatic hydroxyl groups excluding tert-OH is 1. The lowest BCUT2D eigenvalue weighted by molar-refractivity contribution is 0.252. The summed E-state index contributed by atoms with van der Waals surface area (Å²) in [6.45, 7) is 4.52. The second kappa shape index (κ2) is 4.60. The van der Waals surface area contributed by atoms with Crippen LogP contribution in [-0.4, -0.2) is 35.1 Å². The quantitative estimate of drug-likeness (QED) is 0.834. The summed E-state index contributed by atoms with van der Waals surface area (Å²) in [5.41, 5.74) is 1.23. The molecule has 15 heavy (non-hydrogen) atoms. The Labute approximate surface area is 94.8 Å². The van der Waals surface area contributed by atoms with Crippen molar-refractivity contribution in [2.75, 3.05) is 20.1 Å². The molecular weight excluding hydrogens is 208 g/mol. The highest BCUT2D eigenvalue weighted by molar-refractivity contribution is 7.11. The van der Waals surface area contributed by atoms with E-state index in [4.69, 9.17) is 5.11 Å². The van der Waals surface area contributed by atoms with Crippen molar-refractivity contribution in [3.63, 3.8) is 0 Å². The third-order valence-corrected chi connectivity index (χ3v) is 4.09. The highest BCUT2D eigenvalue weighted by atomic mass is 32.1. The van der Waals surface area contributed by atoms with E-state index in [0.29, 0.717) is 5.92 Å². The van der Waals surface area contributed by atoms with Crippen LogP contribution in [0, 0.1) is 6.92 Å². The molecule has 0 spiro atoms. The second-order valence-electron chi connectivity index (χ2n) is 4.28. The SMILES string of the molecule is Cc1sc(CO)nc1C1CCN(C)CC1. The molecule has 0 radical (unpaired) electrons. The number of hydrogen-bond acceptors (Lipinski definition) is 4. The van der Waals surface area contributed by atoms with Crippen LogP contribution in [0.2, 0.25) is 0 Å². The maximum atomic E-state index is 9.06. The molecule has 3 nitrogen and oxygen atoms in total. The van der Waals surface area contributed by atoms with Crippen molar-refractivity contribution in [3.05, 3.63) is 15.6 Å². The summed E-state index contributed by atoms with van der Waals surface area (Å²) in [5.74, 6) is 0.609. The van der Waals surface area contributed by atoms with Gasteiger partial charge in [-0.05, 0) is 39.9 Å². The zero-order chi connectivity index (χ0) is 10.8. The van der Waals surface area contributed by atoms with Crippen molar-refractivity contribution in [3.8, 4) is 0 Å². The predicted molar refractivity (Wildman–Crippen MR) is 62.2 cm³/mol. The zero-order valence-corrected chi connectivity index (χ0v) is 10.2. The molecule has 1 aromatic heterocycles. The standard InChI is InChI=1S/C11H18N2OS/c1-8-11(12-10(7-14)15-8)9-3-5-13(2)6-4-9/h9,14H,3-7H2,1-2H3. The van der Waals surface area contributed by atoms with E-state index < -0.39 is 0 Å². The topological polar surface area (TPSA) is 36.4 Å². The van der Waals surface area contributed by atoms with Crippen LogP contribution in [0.15, 0.2) is 0 Å². The van der Waals surface area contributed by atoms with Crippen LogP contribution in [0.1, 0.15) is 34.3 Å². The molecule has 1 aliphatic heterocycles. The lowest BCUT2D eigenvalue weighted by atomic mass is 9.93. The molecule has 1 N–H and O–H groups in total. The van der Waals surface area contributed by atoms with Crippen LogP contribution >= 0.6 is 11.3 Å². The fourth-order valence-electron chi connectivity index (χ4n) is 2.19. The Kier molecular flexibility index (Phi) is 3.38. The molecule has 0 unspecified atom stereocenters. The minimum absolute atomic E-state index is 0.0815. The van der Waals surface area contributed by atoms with Crippen LogP contribution in [0.25, 0.3) is 0 Å². The number of nitrogens with zero attached hydrogens (tertiary/aromatic N) is 2. The molecule has 0 bridgehead atoms. The maximum Gasteiger partial charge on any atom is 0.119 e. The number of aryl methyl sites for hydroxylation is 1. The van der Waals surface area contributed by atoms with E-state index in [9.17, 15) is 0 Å². The van der Waals surface area contributed by atoms with Crippen molar-refractivity contribution >= 4 is 11.3 Å². The summed E-state index contributed by atoms with van der Waals surface area (Å²) >= 11 is 1.63. The van der Waals surface area contributed by atoms with Gasteiger partial charge in [0.05, 0.1) is 12.3 Å². The molecule has 0 saturated carbocycles. The summed E-state index contributed by atoms with van der Waals surface area (Å²) in [7, 11) is 2.17. The number of thiazole rings is 1. The Bertz CT molecular complexity index is 329. The maximum absolute atomic E-state index is 9.06. The first-order valence-corrected chi connectivity index (χ1v) is 6.28. The Morgan fingerprint density at radius 3 is 2.67 bits per heavy atom. The molecule has 1 saturated heterocycles. The molecule has 0 atom stereocenters. The number of likely N-dealkylation sites (tertiary alicyclic amines) is 1. The highest BCUT2D eigenvalue weighted by Crippen LogP contribution is 2.31. The van der Waals surface area contributed by atoms with Gasteiger partial charge < -0.3 is 10.0 Å². The highest BCUT2D eigenvalue weighted by Gasteiger charge is 2.22. The Hall–Kier alpha value is -0.450. The second-order valence-corrected chi connectivity index (χ2v) is 5.57. The largest absolute Gasteiger partial charge is 0.389 e. The van der Waals surface area contributed by atoms with Crippen LogP contribution in [-0.2, 0) is 6.61 Å². The van der Waals surface area contributed by atoms with Gasteiger partial charge in [-0.3, -0.25) is 0 Å². The van der Waals surface area contributed by atoms with E-state index in [1.54, 1.807) is 11.3 Å². The lowest BCUT2D eigenvalue weighted by Crippen LogP contribution is -2.29. The van der Waals surface area contributed by atoms with Crippen molar-refractivity contribution in [1.29, 1.82) is 0 Å². The number of rotatable bonds is 2. The number of aromatic nitrogens is 1. The first-order valence-electron chi connectivity index (χ1n) is 5.46. The Balaban J connectivity index is 2.11. The number of hydrogen-bond donors (Lipinski definition) is 1. The van der Waals surface area contributed by atoms with Crippen molar-refractivity contribution in [2.24, 2.45) is 0 Å². The molecule has 1 fully saturated rings. The van der Waals surface area contributed by atoms with Gasteiger partial charge in [0.2, 0.25) is 0 Å². The molecule has 1 aromatic rings. The monoisotopic (exact) mass is 226 g/mol. The lowest BCUT2D eigenvalue weighted by Gasteiger charge is -2.28. The van der Waals surface area contributed by atoms with Crippen molar-refractivity contribution < 1.29 is 5.11 Å². The van der Waals surface area contributed by atoms with E-state index in [1.807, 2.05) is 0 Å². The summed E-state index contributed by atoms with van der Waals surface area (Å²) in [6.07, 6.45) is 2.40. The van der Waals surface area contributed by atoms with Gasteiger partial charge in [0, 0.05) is 10.8 Å². The van der Waals surface area contributed by atoms with E-state index in [-0.39, 0.29) is 6.61 Å². The first kappa shape index (κ1) is 11.0. The Morgan fingerprint density at radius 1 is 1.47 bits per heavy atom. The van der Waals surface area contributed by atoms with Gasteiger partial charge in [0.25, 0.3) is 0 Å². The van der Waals surface area contributed by atoms with E-state index in [1.165, 1.54) is 23.4 Å². The molecule has 0 amide bonds. The van der Waals surface area contributed by atoms with Gasteiger partial charge in [-0.15, -0.1) is 11.3 Å². The third-order valence-electron chi connectivity index (χ3n) is 3.12. The predicted octanol–water partition coefficient (Wildman–Crippen LogP) is 1.75. The summed E-state index contributed by atoms with van der Waals surface area (Å²) in [5, 5.41) is 9.92. The molecule has 2 rings (SSSR count). The summed E-state index contributed by atoms with van der Waals surface area (Å²) in [4.78, 5) is 8.18. The van der Waals surface area contributed by atoms with Gasteiger partial charge in [-0.25, -0.2) is 4.98 Å². The molecule has 0 aromatic carbocycles. The number of piperidine rings is 1. The molecule has 0 aliphatic carbocycles. The fourth-order valence-corrected chi connectivity index (χ4v) is 3.07. The summed E-state index contributed by atoms with van der Waals surface area (Å²) in [6, 6.07) is 0. The third kappa shape index (κ3) is 2.38. The molecular formula is C11H18N2OS. The van der Waals surface area contributed by atoms with Gasteiger partial charge >= 0.3 is 0 Å². The fraction of sp³-hybridized carbons (Fsp3) is 0.727. The van der Waals surface area contributed by atoms with Gasteiger partial charge in [0.15, 0.2) is 0 Å². The normalized spacial score (nSPS) is 19.7. The zero-order valence-electron chi connectivity index (χ0n) is 9.36. The van der Waals surface area contributed by atoms with Gasteiger partial charge in [-0.1, -0.05) is 0 Å². The molecule has 1 aliphatic rings. The molecule has 4 heteroatoms. The van der Waals surface area contributed by atoms with Crippen LogP contribution in [0.4, 0.5) is 0 Å². The molecule has 2 heterocycles. The van der Waals surface area contributed by atoms with Crippen molar-refractivity contribution in [1.82, 2.24) is 9.88 Å². The smallest absolute Gasteiger partial charge is 0.119 e.